The van der Waals surface area contributed by atoms with E-state index < -0.39 is 34.1 Å². The van der Waals surface area contributed by atoms with Gasteiger partial charge in [0.15, 0.2) is 11.5 Å². The summed E-state index contributed by atoms with van der Waals surface area (Å²) in [5, 5.41) is 3.43. The second-order valence-corrected chi connectivity index (χ2v) is 14.2. The Morgan fingerprint density at radius 2 is 1.43 bits per heavy atom. The van der Waals surface area contributed by atoms with Gasteiger partial charge in [-0.05, 0) is 62.2 Å². The Hall–Kier alpha value is -4.54. The molecule has 4 rings (SSSR count). The Labute approximate surface area is 282 Å². The standard InChI is InChI=1S/C36H40ClN3O6S/c1-36(2,3)38-35(42)31(22-26-14-8-6-9-15-26)39(24-27-16-12-13-19-30(27)37)34(41)25-40(28-17-10-7-11-18-28)47(43,44)29-20-21-32(45-4)33(23-29)46-5/h6-21,23,31H,22,24-25H2,1-5H3,(H,38,42)/t31-/m1/s1. The summed E-state index contributed by atoms with van der Waals surface area (Å²) in [7, 11) is -1.47. The lowest BCUT2D eigenvalue weighted by molar-refractivity contribution is -0.140. The van der Waals surface area contributed by atoms with Crippen LogP contribution in [0.15, 0.2) is 108 Å². The SMILES string of the molecule is COc1ccc(S(=O)(=O)N(CC(=O)N(Cc2ccccc2Cl)[C@H](Cc2ccccc2)C(=O)NC(C)(C)C)c2ccccc2)cc1OC. The monoisotopic (exact) mass is 677 g/mol. The average molecular weight is 678 g/mol. The Balaban J connectivity index is 1.83. The number of carbonyl (C=O) groups excluding carboxylic acids is 2. The van der Waals surface area contributed by atoms with Gasteiger partial charge in [0, 0.05) is 29.6 Å². The number of benzene rings is 4. The maximum atomic E-state index is 14.6. The van der Waals surface area contributed by atoms with E-state index in [1.54, 1.807) is 54.6 Å². The molecule has 0 bridgehead atoms. The predicted octanol–water partition coefficient (Wildman–Crippen LogP) is 6.11. The average Bonchev–Trinajstić information content (AvgIpc) is 3.05. The van der Waals surface area contributed by atoms with E-state index in [2.05, 4.69) is 5.32 Å². The number of rotatable bonds is 13. The zero-order valence-corrected chi connectivity index (χ0v) is 28.7. The van der Waals surface area contributed by atoms with Crippen LogP contribution in [0.1, 0.15) is 31.9 Å². The number of sulfonamides is 1. The molecule has 0 aliphatic carbocycles. The van der Waals surface area contributed by atoms with Crippen LogP contribution in [0.25, 0.3) is 0 Å². The normalized spacial score (nSPS) is 12.1. The first-order valence-electron chi connectivity index (χ1n) is 15.0. The van der Waals surface area contributed by atoms with Crippen LogP contribution in [0.2, 0.25) is 5.02 Å². The van der Waals surface area contributed by atoms with Gasteiger partial charge >= 0.3 is 0 Å². The first-order chi connectivity index (χ1) is 22.3. The van der Waals surface area contributed by atoms with Crippen molar-refractivity contribution in [3.05, 3.63) is 119 Å². The molecule has 0 heterocycles. The Kier molecular flexibility index (Phi) is 11.5. The second kappa shape index (κ2) is 15.4. The Morgan fingerprint density at radius 3 is 2.02 bits per heavy atom. The third-order valence-corrected chi connectivity index (χ3v) is 9.47. The van der Waals surface area contributed by atoms with Crippen molar-refractivity contribution in [2.45, 2.75) is 50.2 Å². The highest BCUT2D eigenvalue weighted by Gasteiger charge is 2.36. The molecule has 2 amide bonds. The summed E-state index contributed by atoms with van der Waals surface area (Å²) >= 11 is 6.56. The molecule has 9 nitrogen and oxygen atoms in total. The predicted molar refractivity (Wildman–Crippen MR) is 184 cm³/mol. The minimum atomic E-state index is -4.33. The molecule has 248 valence electrons. The molecule has 4 aromatic rings. The summed E-state index contributed by atoms with van der Waals surface area (Å²) in [5.74, 6) is -0.401. The van der Waals surface area contributed by atoms with Gasteiger partial charge in [-0.2, -0.15) is 0 Å². The Morgan fingerprint density at radius 1 is 0.830 bits per heavy atom. The molecule has 1 atom stereocenters. The number of hydrogen-bond donors (Lipinski definition) is 1. The maximum Gasteiger partial charge on any atom is 0.264 e. The number of nitrogens with zero attached hydrogens (tertiary/aromatic N) is 2. The molecule has 1 N–H and O–H groups in total. The zero-order valence-electron chi connectivity index (χ0n) is 27.1. The number of methoxy groups -OCH3 is 2. The molecule has 0 radical (unpaired) electrons. The van der Waals surface area contributed by atoms with Gasteiger partial charge in [0.1, 0.15) is 12.6 Å². The van der Waals surface area contributed by atoms with Crippen LogP contribution in [0.4, 0.5) is 5.69 Å². The van der Waals surface area contributed by atoms with Crippen LogP contribution in [0.3, 0.4) is 0 Å². The van der Waals surface area contributed by atoms with E-state index in [-0.39, 0.29) is 35.2 Å². The third-order valence-electron chi connectivity index (χ3n) is 7.33. The highest BCUT2D eigenvalue weighted by molar-refractivity contribution is 7.92. The van der Waals surface area contributed by atoms with Crippen LogP contribution in [-0.2, 0) is 32.6 Å². The fraction of sp³-hybridized carbons (Fsp3) is 0.278. The lowest BCUT2D eigenvalue weighted by Crippen LogP contribution is -2.56. The second-order valence-electron chi connectivity index (χ2n) is 11.9. The number of hydrogen-bond acceptors (Lipinski definition) is 6. The first kappa shape index (κ1) is 35.3. The molecule has 0 saturated heterocycles. The molecule has 0 aliphatic rings. The van der Waals surface area contributed by atoms with Gasteiger partial charge in [-0.15, -0.1) is 0 Å². The van der Waals surface area contributed by atoms with Gasteiger partial charge in [-0.3, -0.25) is 13.9 Å². The van der Waals surface area contributed by atoms with Crippen LogP contribution in [-0.4, -0.2) is 57.5 Å². The van der Waals surface area contributed by atoms with Crippen molar-refractivity contribution < 1.29 is 27.5 Å². The number of halogens is 1. The highest BCUT2D eigenvalue weighted by atomic mass is 35.5. The fourth-order valence-electron chi connectivity index (χ4n) is 5.04. The number of carbonyl (C=O) groups is 2. The molecule has 0 spiro atoms. The topological polar surface area (TPSA) is 105 Å². The van der Waals surface area contributed by atoms with E-state index >= 15 is 0 Å². The summed E-state index contributed by atoms with van der Waals surface area (Å²) in [6.45, 7) is 4.94. The van der Waals surface area contributed by atoms with Gasteiger partial charge in [-0.1, -0.05) is 78.3 Å². The van der Waals surface area contributed by atoms with Crippen LogP contribution < -0.4 is 19.1 Å². The molecule has 0 fully saturated rings. The van der Waals surface area contributed by atoms with E-state index in [0.717, 1.165) is 9.87 Å². The van der Waals surface area contributed by atoms with Gasteiger partial charge < -0.3 is 19.7 Å². The van der Waals surface area contributed by atoms with Crippen LogP contribution in [0, 0.1) is 0 Å². The number of amides is 2. The Bertz CT molecular complexity index is 1780. The number of para-hydroxylation sites is 1. The van der Waals surface area contributed by atoms with Crippen molar-refractivity contribution in [1.29, 1.82) is 0 Å². The van der Waals surface area contributed by atoms with Gasteiger partial charge in [0.2, 0.25) is 11.8 Å². The van der Waals surface area contributed by atoms with Crippen LogP contribution >= 0.6 is 11.6 Å². The molecule has 47 heavy (non-hydrogen) atoms. The van der Waals surface area contributed by atoms with E-state index in [0.29, 0.717) is 16.3 Å². The summed E-state index contributed by atoms with van der Waals surface area (Å²) in [4.78, 5) is 29.9. The number of nitrogens with one attached hydrogen (secondary N) is 1. The molecular formula is C36H40ClN3O6S. The van der Waals surface area contributed by atoms with Crippen molar-refractivity contribution in [3.8, 4) is 11.5 Å². The number of anilines is 1. The van der Waals surface area contributed by atoms with Crippen molar-refractivity contribution in [2.24, 2.45) is 0 Å². The van der Waals surface area contributed by atoms with Gasteiger partial charge in [0.25, 0.3) is 10.0 Å². The van der Waals surface area contributed by atoms with Gasteiger partial charge in [-0.25, -0.2) is 8.42 Å². The number of ether oxygens (including phenoxy) is 2. The van der Waals surface area contributed by atoms with Crippen molar-refractivity contribution >= 4 is 39.1 Å². The summed E-state index contributed by atoms with van der Waals surface area (Å²) < 4.78 is 40.3. The smallest absolute Gasteiger partial charge is 0.264 e. The minimum absolute atomic E-state index is 0.0351. The molecule has 0 unspecified atom stereocenters. The molecule has 4 aromatic carbocycles. The van der Waals surface area contributed by atoms with E-state index in [4.69, 9.17) is 21.1 Å². The van der Waals surface area contributed by atoms with Crippen molar-refractivity contribution in [3.63, 3.8) is 0 Å². The quantitative estimate of drug-likeness (QED) is 0.183. The lowest BCUT2D eigenvalue weighted by Gasteiger charge is -2.35. The van der Waals surface area contributed by atoms with E-state index in [1.165, 1.54) is 37.3 Å². The molecule has 0 saturated carbocycles. The maximum absolute atomic E-state index is 14.6. The first-order valence-corrected chi connectivity index (χ1v) is 16.8. The summed E-state index contributed by atoms with van der Waals surface area (Å²) in [6, 6.07) is 28.0. The summed E-state index contributed by atoms with van der Waals surface area (Å²) in [6.07, 6.45) is 0.187. The summed E-state index contributed by atoms with van der Waals surface area (Å²) in [5.41, 5.74) is 1.11. The van der Waals surface area contributed by atoms with E-state index in [1.807, 2.05) is 51.1 Å². The minimum Gasteiger partial charge on any atom is -0.493 e. The van der Waals surface area contributed by atoms with Gasteiger partial charge in [0.05, 0.1) is 24.8 Å². The third kappa shape index (κ3) is 9.05. The molecule has 11 heteroatoms. The van der Waals surface area contributed by atoms with Crippen LogP contribution in [0.5, 0.6) is 11.5 Å². The van der Waals surface area contributed by atoms with E-state index in [9.17, 15) is 18.0 Å². The largest absolute Gasteiger partial charge is 0.493 e. The lowest BCUT2D eigenvalue weighted by atomic mass is 10.0. The molecule has 0 aromatic heterocycles. The van der Waals surface area contributed by atoms with Crippen molar-refractivity contribution in [1.82, 2.24) is 10.2 Å². The zero-order chi connectivity index (χ0) is 34.2. The van der Waals surface area contributed by atoms with Crippen molar-refractivity contribution in [2.75, 3.05) is 25.1 Å². The molecule has 0 aliphatic heterocycles. The molecular weight excluding hydrogens is 638 g/mol. The highest BCUT2D eigenvalue weighted by Crippen LogP contribution is 2.32. The fourth-order valence-corrected chi connectivity index (χ4v) is 6.67.